The molecule has 0 amide bonds. The van der Waals surface area contributed by atoms with Crippen molar-refractivity contribution < 1.29 is 19.1 Å². The van der Waals surface area contributed by atoms with E-state index in [9.17, 15) is 9.59 Å². The van der Waals surface area contributed by atoms with Crippen LogP contribution in [0.3, 0.4) is 0 Å². The molecule has 2 fully saturated rings. The summed E-state index contributed by atoms with van der Waals surface area (Å²) in [5.41, 5.74) is 0.242. The van der Waals surface area contributed by atoms with Crippen LogP contribution in [-0.4, -0.2) is 25.7 Å². The van der Waals surface area contributed by atoms with Crippen molar-refractivity contribution in [3.63, 3.8) is 0 Å². The summed E-state index contributed by atoms with van der Waals surface area (Å²) < 4.78 is 10.3. The molecule has 2 rings (SSSR count). The number of allylic oxidation sites excluding steroid dienone is 2. The number of nitriles is 1. The van der Waals surface area contributed by atoms with Crippen molar-refractivity contribution in [3.05, 3.63) is 11.6 Å². The molecule has 0 aliphatic heterocycles. The molecule has 5 heteroatoms. The lowest BCUT2D eigenvalue weighted by Gasteiger charge is -2.06. The van der Waals surface area contributed by atoms with Gasteiger partial charge in [-0.2, -0.15) is 5.26 Å². The molecule has 126 valence electrons. The Hall–Kier alpha value is -1.83. The maximum atomic E-state index is 12.3. The molecule has 23 heavy (non-hydrogen) atoms. The zero-order chi connectivity index (χ0) is 17.6. The van der Waals surface area contributed by atoms with Crippen LogP contribution in [0.5, 0.6) is 0 Å². The number of carbonyl (C=O) groups is 2. The number of hydrogen-bond donors (Lipinski definition) is 0. The second-order valence-electron chi connectivity index (χ2n) is 7.85. The average Bonchev–Trinajstić information content (AvgIpc) is 3.24. The summed E-state index contributed by atoms with van der Waals surface area (Å²) in [6.07, 6.45) is 1.85. The smallest absolute Gasteiger partial charge is 0.310 e. The summed E-state index contributed by atoms with van der Waals surface area (Å²) in [4.78, 5) is 24.0. The van der Waals surface area contributed by atoms with Crippen molar-refractivity contribution in [3.8, 4) is 6.07 Å². The molecule has 0 radical (unpaired) electrons. The average molecular weight is 319 g/mol. The van der Waals surface area contributed by atoms with E-state index in [1.165, 1.54) is 7.11 Å². The maximum Gasteiger partial charge on any atom is 0.310 e. The number of hydrogen-bond acceptors (Lipinski definition) is 5. The molecular formula is C18H25NO4. The highest BCUT2D eigenvalue weighted by molar-refractivity contribution is 5.79. The van der Waals surface area contributed by atoms with Gasteiger partial charge in [0, 0.05) is 11.5 Å². The molecule has 0 unspecified atom stereocenters. The molecule has 0 heterocycles. The van der Waals surface area contributed by atoms with Gasteiger partial charge < -0.3 is 9.47 Å². The van der Waals surface area contributed by atoms with Gasteiger partial charge in [-0.25, -0.2) is 0 Å². The topological polar surface area (TPSA) is 76.4 Å². The van der Waals surface area contributed by atoms with Gasteiger partial charge in [-0.3, -0.25) is 9.59 Å². The van der Waals surface area contributed by atoms with Gasteiger partial charge in [0.2, 0.25) is 0 Å². The van der Waals surface area contributed by atoms with Gasteiger partial charge in [-0.1, -0.05) is 33.8 Å². The zero-order valence-corrected chi connectivity index (χ0v) is 14.7. The fourth-order valence-corrected chi connectivity index (χ4v) is 3.66. The fraction of sp³-hybridized carbons (Fsp3) is 0.722. The van der Waals surface area contributed by atoms with Gasteiger partial charge in [-0.15, -0.1) is 0 Å². The first-order chi connectivity index (χ1) is 10.6. The van der Waals surface area contributed by atoms with Crippen LogP contribution < -0.4 is 0 Å². The van der Waals surface area contributed by atoms with Crippen molar-refractivity contribution in [1.29, 1.82) is 5.26 Å². The van der Waals surface area contributed by atoms with Gasteiger partial charge in [0.1, 0.15) is 0 Å². The summed E-state index contributed by atoms with van der Waals surface area (Å²) in [5, 5.41) is 8.87. The molecule has 2 aliphatic rings. The minimum atomic E-state index is -0.242. The van der Waals surface area contributed by atoms with Crippen molar-refractivity contribution in [2.45, 2.75) is 34.6 Å². The van der Waals surface area contributed by atoms with Gasteiger partial charge in [0.15, 0.2) is 0 Å². The Kier molecular flexibility index (Phi) is 4.32. The standard InChI is InChI=1S/C18H25NO4/c1-10(8-19)7-11-13(17(11,2)3)16(21)23-9-12-14(15(20)22-6)18(12,4)5/h7,11-14H,9H2,1-6H3/b10-7+/t11-,12-,13+,14+/m1/s1. The second kappa shape index (κ2) is 5.67. The van der Waals surface area contributed by atoms with Crippen LogP contribution in [-0.2, 0) is 19.1 Å². The highest BCUT2D eigenvalue weighted by Gasteiger charge is 2.64. The quantitative estimate of drug-likeness (QED) is 0.575. The molecule has 0 N–H and O–H groups in total. The minimum Gasteiger partial charge on any atom is -0.469 e. The van der Waals surface area contributed by atoms with Crippen LogP contribution in [0.1, 0.15) is 34.6 Å². The Morgan fingerprint density at radius 3 is 2.26 bits per heavy atom. The molecule has 0 bridgehead atoms. The van der Waals surface area contributed by atoms with Gasteiger partial charge in [-0.05, 0) is 23.7 Å². The van der Waals surface area contributed by atoms with E-state index >= 15 is 0 Å². The van der Waals surface area contributed by atoms with Crippen LogP contribution in [0, 0.1) is 45.8 Å². The molecular weight excluding hydrogens is 294 g/mol. The zero-order valence-electron chi connectivity index (χ0n) is 14.7. The Labute approximate surface area is 137 Å². The first-order valence-corrected chi connectivity index (χ1v) is 7.92. The number of methoxy groups -OCH3 is 1. The van der Waals surface area contributed by atoms with Crippen molar-refractivity contribution in [1.82, 2.24) is 0 Å². The summed E-state index contributed by atoms with van der Waals surface area (Å²) in [6.45, 7) is 9.95. The summed E-state index contributed by atoms with van der Waals surface area (Å²) in [7, 11) is 1.38. The van der Waals surface area contributed by atoms with E-state index in [1.54, 1.807) is 6.92 Å². The lowest BCUT2D eigenvalue weighted by molar-refractivity contribution is -0.148. The number of rotatable bonds is 5. The molecule has 0 aromatic rings. The van der Waals surface area contributed by atoms with E-state index in [0.29, 0.717) is 5.57 Å². The van der Waals surface area contributed by atoms with E-state index in [4.69, 9.17) is 14.7 Å². The van der Waals surface area contributed by atoms with E-state index in [-0.39, 0.29) is 53.0 Å². The second-order valence-corrected chi connectivity index (χ2v) is 7.85. The van der Waals surface area contributed by atoms with E-state index in [1.807, 2.05) is 33.8 Å². The van der Waals surface area contributed by atoms with E-state index < -0.39 is 0 Å². The summed E-state index contributed by atoms with van der Waals surface area (Å²) in [5.74, 6) is -0.858. The van der Waals surface area contributed by atoms with Crippen LogP contribution in [0.2, 0.25) is 0 Å². The van der Waals surface area contributed by atoms with E-state index in [2.05, 4.69) is 6.07 Å². The molecule has 0 aromatic heterocycles. The van der Waals surface area contributed by atoms with E-state index in [0.717, 1.165) is 0 Å². The number of carbonyl (C=O) groups excluding carboxylic acids is 2. The van der Waals surface area contributed by atoms with Crippen molar-refractivity contribution in [2.75, 3.05) is 13.7 Å². The highest BCUT2D eigenvalue weighted by Crippen LogP contribution is 2.61. The van der Waals surface area contributed by atoms with Crippen LogP contribution in [0.15, 0.2) is 11.6 Å². The van der Waals surface area contributed by atoms with Crippen molar-refractivity contribution in [2.24, 2.45) is 34.5 Å². The monoisotopic (exact) mass is 319 g/mol. The van der Waals surface area contributed by atoms with Gasteiger partial charge >= 0.3 is 11.9 Å². The van der Waals surface area contributed by atoms with Crippen LogP contribution in [0.25, 0.3) is 0 Å². The molecule has 0 saturated heterocycles. The lowest BCUT2D eigenvalue weighted by atomic mass is 10.1. The molecule has 0 spiro atoms. The Morgan fingerprint density at radius 1 is 1.13 bits per heavy atom. The largest absolute Gasteiger partial charge is 0.469 e. The van der Waals surface area contributed by atoms with Crippen LogP contribution in [0.4, 0.5) is 0 Å². The third-order valence-electron chi connectivity index (χ3n) is 5.68. The van der Waals surface area contributed by atoms with Crippen molar-refractivity contribution >= 4 is 11.9 Å². The minimum absolute atomic E-state index is 0.00981. The summed E-state index contributed by atoms with van der Waals surface area (Å²) >= 11 is 0. The molecule has 4 atom stereocenters. The number of ether oxygens (including phenoxy) is 2. The molecule has 2 aliphatic carbocycles. The first-order valence-electron chi connectivity index (χ1n) is 7.92. The summed E-state index contributed by atoms with van der Waals surface area (Å²) in [6, 6.07) is 2.09. The number of esters is 2. The predicted octanol–water partition coefficient (Wildman–Crippen LogP) is 2.72. The number of nitrogens with zero attached hydrogens (tertiary/aromatic N) is 1. The third-order valence-corrected chi connectivity index (χ3v) is 5.68. The normalized spacial score (nSPS) is 33.3. The Balaban J connectivity index is 1.92. The lowest BCUT2D eigenvalue weighted by Crippen LogP contribution is -2.14. The molecule has 5 nitrogen and oxygen atoms in total. The first kappa shape index (κ1) is 17.5. The third kappa shape index (κ3) is 2.99. The fourth-order valence-electron chi connectivity index (χ4n) is 3.66. The van der Waals surface area contributed by atoms with Crippen LogP contribution >= 0.6 is 0 Å². The maximum absolute atomic E-state index is 12.3. The highest BCUT2D eigenvalue weighted by atomic mass is 16.5. The molecule has 0 aromatic carbocycles. The van der Waals surface area contributed by atoms with Gasteiger partial charge in [0.05, 0.1) is 31.6 Å². The Bertz CT molecular complexity index is 597. The SMILES string of the molecule is COC(=O)[C@@H]1[C@@H](COC(=O)[C@@H]2[C@@H](/C=C(\C)C#N)C2(C)C)C1(C)C. The molecule has 2 saturated carbocycles. The predicted molar refractivity (Wildman–Crippen MR) is 83.9 cm³/mol. The Morgan fingerprint density at radius 2 is 1.74 bits per heavy atom. The van der Waals surface area contributed by atoms with Gasteiger partial charge in [0.25, 0.3) is 0 Å².